The van der Waals surface area contributed by atoms with E-state index in [4.69, 9.17) is 0 Å². The Labute approximate surface area is 124 Å². The molecule has 0 saturated heterocycles. The lowest BCUT2D eigenvalue weighted by molar-refractivity contribution is 0.507. The first kappa shape index (κ1) is 15.1. The number of hydrogen-bond donors (Lipinski definition) is 1. The Morgan fingerprint density at radius 3 is 2.65 bits per heavy atom. The zero-order valence-corrected chi connectivity index (χ0v) is 13.0. The molecule has 1 aromatic carbocycles. The molecular formula is C16H21FN2S. The van der Waals surface area contributed by atoms with Crippen molar-refractivity contribution in [1.29, 1.82) is 0 Å². The van der Waals surface area contributed by atoms with E-state index < -0.39 is 0 Å². The van der Waals surface area contributed by atoms with E-state index in [9.17, 15) is 4.39 Å². The molecule has 1 unspecified atom stereocenters. The number of thiazole rings is 1. The number of halogens is 1. The molecule has 0 radical (unpaired) electrons. The summed E-state index contributed by atoms with van der Waals surface area (Å²) in [6.07, 6.45) is 2.73. The maximum atomic E-state index is 14.0. The Hall–Kier alpha value is -1.26. The molecule has 0 aliphatic rings. The molecule has 2 nitrogen and oxygen atoms in total. The van der Waals surface area contributed by atoms with E-state index in [1.54, 1.807) is 17.4 Å². The van der Waals surface area contributed by atoms with Gasteiger partial charge in [-0.15, -0.1) is 11.3 Å². The number of rotatable bonds is 6. The highest BCUT2D eigenvalue weighted by Crippen LogP contribution is 2.25. The van der Waals surface area contributed by atoms with Gasteiger partial charge in [-0.3, -0.25) is 0 Å². The summed E-state index contributed by atoms with van der Waals surface area (Å²) < 4.78 is 14.0. The molecule has 4 heteroatoms. The van der Waals surface area contributed by atoms with Crippen LogP contribution in [-0.2, 0) is 6.42 Å². The summed E-state index contributed by atoms with van der Waals surface area (Å²) in [5.74, 6) is 0.0164. The van der Waals surface area contributed by atoms with Crippen LogP contribution in [0.4, 0.5) is 4.39 Å². The summed E-state index contributed by atoms with van der Waals surface area (Å²) >= 11 is 1.69. The minimum atomic E-state index is -0.121. The standard InChI is InChI=1S/C16H21FN2S/c1-11(2)18-9-13(8-14-10-19-12(3)20-14)15-6-4-5-7-16(15)17/h4-7,10-11,13,18H,8-9H2,1-3H3. The van der Waals surface area contributed by atoms with Crippen molar-refractivity contribution in [3.63, 3.8) is 0 Å². The van der Waals surface area contributed by atoms with Crippen LogP contribution in [0.3, 0.4) is 0 Å². The zero-order chi connectivity index (χ0) is 14.5. The minimum Gasteiger partial charge on any atom is -0.314 e. The van der Waals surface area contributed by atoms with Crippen molar-refractivity contribution in [2.45, 2.75) is 39.2 Å². The molecule has 0 spiro atoms. The highest BCUT2D eigenvalue weighted by Gasteiger charge is 2.17. The van der Waals surface area contributed by atoms with Gasteiger partial charge in [0.1, 0.15) is 5.82 Å². The van der Waals surface area contributed by atoms with Crippen LogP contribution in [0.25, 0.3) is 0 Å². The Morgan fingerprint density at radius 1 is 1.30 bits per heavy atom. The molecular weight excluding hydrogens is 271 g/mol. The molecule has 0 saturated carbocycles. The van der Waals surface area contributed by atoms with E-state index in [1.165, 1.54) is 10.9 Å². The summed E-state index contributed by atoms with van der Waals surface area (Å²) in [6.45, 7) is 6.98. The Balaban J connectivity index is 2.18. The van der Waals surface area contributed by atoms with Crippen molar-refractivity contribution in [2.24, 2.45) is 0 Å². The topological polar surface area (TPSA) is 24.9 Å². The summed E-state index contributed by atoms with van der Waals surface area (Å²) in [5, 5.41) is 4.48. The van der Waals surface area contributed by atoms with Gasteiger partial charge < -0.3 is 5.32 Å². The molecule has 0 fully saturated rings. The first-order chi connectivity index (χ1) is 9.56. The molecule has 1 aromatic heterocycles. The summed E-state index contributed by atoms with van der Waals surface area (Å²) in [7, 11) is 0. The van der Waals surface area contributed by atoms with Gasteiger partial charge in [0.05, 0.1) is 5.01 Å². The Kier molecular flexibility index (Phi) is 5.26. The predicted molar refractivity (Wildman–Crippen MR) is 82.8 cm³/mol. The second-order valence-corrected chi connectivity index (χ2v) is 6.65. The fourth-order valence-electron chi connectivity index (χ4n) is 2.22. The highest BCUT2D eigenvalue weighted by molar-refractivity contribution is 7.11. The predicted octanol–water partition coefficient (Wildman–Crippen LogP) is 3.91. The number of hydrogen-bond acceptors (Lipinski definition) is 3. The number of aryl methyl sites for hydroxylation is 1. The zero-order valence-electron chi connectivity index (χ0n) is 12.2. The number of nitrogens with one attached hydrogen (secondary N) is 1. The van der Waals surface area contributed by atoms with Gasteiger partial charge in [0, 0.05) is 29.6 Å². The lowest BCUT2D eigenvalue weighted by Gasteiger charge is -2.19. The SMILES string of the molecule is Cc1ncc(CC(CNC(C)C)c2ccccc2F)s1. The quantitative estimate of drug-likeness (QED) is 0.873. The lowest BCUT2D eigenvalue weighted by Crippen LogP contribution is -2.29. The largest absolute Gasteiger partial charge is 0.314 e. The first-order valence-electron chi connectivity index (χ1n) is 6.95. The van der Waals surface area contributed by atoms with E-state index in [2.05, 4.69) is 24.1 Å². The van der Waals surface area contributed by atoms with E-state index in [0.29, 0.717) is 6.04 Å². The van der Waals surface area contributed by atoms with Crippen LogP contribution in [0.5, 0.6) is 0 Å². The second kappa shape index (κ2) is 6.95. The van der Waals surface area contributed by atoms with Crippen molar-refractivity contribution in [1.82, 2.24) is 10.3 Å². The molecule has 0 aliphatic carbocycles. The van der Waals surface area contributed by atoms with Crippen LogP contribution in [-0.4, -0.2) is 17.6 Å². The molecule has 1 atom stereocenters. The molecule has 2 rings (SSSR count). The fourth-order valence-corrected chi connectivity index (χ4v) is 3.09. The van der Waals surface area contributed by atoms with Crippen molar-refractivity contribution < 1.29 is 4.39 Å². The van der Waals surface area contributed by atoms with Crippen LogP contribution in [0, 0.1) is 12.7 Å². The molecule has 108 valence electrons. The maximum Gasteiger partial charge on any atom is 0.126 e. The third-order valence-corrected chi connectivity index (χ3v) is 4.17. The molecule has 2 aromatic rings. The van der Waals surface area contributed by atoms with Crippen LogP contribution in [0.1, 0.15) is 35.2 Å². The third kappa shape index (κ3) is 4.12. The number of nitrogens with zero attached hydrogens (tertiary/aromatic N) is 1. The normalized spacial score (nSPS) is 12.8. The van der Waals surface area contributed by atoms with Crippen molar-refractivity contribution in [3.05, 3.63) is 51.7 Å². The van der Waals surface area contributed by atoms with Crippen molar-refractivity contribution in [2.75, 3.05) is 6.54 Å². The van der Waals surface area contributed by atoms with E-state index >= 15 is 0 Å². The molecule has 0 bridgehead atoms. The monoisotopic (exact) mass is 292 g/mol. The summed E-state index contributed by atoms with van der Waals surface area (Å²) in [4.78, 5) is 5.49. The van der Waals surface area contributed by atoms with Crippen LogP contribution in [0.2, 0.25) is 0 Å². The minimum absolute atomic E-state index is 0.121. The Bertz CT molecular complexity index is 551. The first-order valence-corrected chi connectivity index (χ1v) is 7.77. The van der Waals surface area contributed by atoms with Gasteiger partial charge in [-0.1, -0.05) is 32.0 Å². The lowest BCUT2D eigenvalue weighted by atomic mass is 9.94. The average molecular weight is 292 g/mol. The molecule has 20 heavy (non-hydrogen) atoms. The summed E-state index contributed by atoms with van der Waals surface area (Å²) in [5.41, 5.74) is 0.784. The Morgan fingerprint density at radius 2 is 2.05 bits per heavy atom. The van der Waals surface area contributed by atoms with Gasteiger partial charge in [0.2, 0.25) is 0 Å². The molecule has 1 N–H and O–H groups in total. The second-order valence-electron chi connectivity index (χ2n) is 5.33. The smallest absolute Gasteiger partial charge is 0.126 e. The average Bonchev–Trinajstić information content (AvgIpc) is 2.81. The van der Waals surface area contributed by atoms with Gasteiger partial charge in [-0.2, -0.15) is 0 Å². The highest BCUT2D eigenvalue weighted by atomic mass is 32.1. The van der Waals surface area contributed by atoms with Crippen LogP contribution >= 0.6 is 11.3 Å². The number of benzene rings is 1. The van der Waals surface area contributed by atoms with Gasteiger partial charge in [-0.25, -0.2) is 9.37 Å². The van der Waals surface area contributed by atoms with Crippen LogP contribution < -0.4 is 5.32 Å². The van der Waals surface area contributed by atoms with Gasteiger partial charge in [-0.05, 0) is 25.0 Å². The van der Waals surface area contributed by atoms with E-state index in [-0.39, 0.29) is 11.7 Å². The molecule has 1 heterocycles. The fraction of sp³-hybridized carbons (Fsp3) is 0.438. The van der Waals surface area contributed by atoms with E-state index in [1.807, 2.05) is 25.3 Å². The number of aromatic nitrogens is 1. The van der Waals surface area contributed by atoms with E-state index in [0.717, 1.165) is 23.5 Å². The van der Waals surface area contributed by atoms with Gasteiger partial charge in [0.25, 0.3) is 0 Å². The summed E-state index contributed by atoms with van der Waals surface area (Å²) in [6, 6.07) is 7.46. The third-order valence-electron chi connectivity index (χ3n) is 3.23. The van der Waals surface area contributed by atoms with Gasteiger partial charge in [0.15, 0.2) is 0 Å². The van der Waals surface area contributed by atoms with Crippen molar-refractivity contribution in [3.8, 4) is 0 Å². The molecule has 0 amide bonds. The molecule has 0 aliphatic heterocycles. The van der Waals surface area contributed by atoms with Crippen molar-refractivity contribution >= 4 is 11.3 Å². The maximum absolute atomic E-state index is 14.0. The van der Waals surface area contributed by atoms with Gasteiger partial charge >= 0.3 is 0 Å². The van der Waals surface area contributed by atoms with Crippen LogP contribution in [0.15, 0.2) is 30.5 Å².